The normalized spacial score (nSPS) is 11.9. The first-order valence-corrected chi connectivity index (χ1v) is 8.25. The minimum atomic E-state index is 0.0478. The zero-order valence-corrected chi connectivity index (χ0v) is 15.3. The van der Waals surface area contributed by atoms with Gasteiger partial charge in [0.2, 0.25) is 0 Å². The molecule has 0 bridgehead atoms. The van der Waals surface area contributed by atoms with E-state index in [2.05, 4.69) is 12.2 Å². The maximum Gasteiger partial charge on any atom is 0.162 e. The van der Waals surface area contributed by atoms with E-state index in [9.17, 15) is 0 Å². The van der Waals surface area contributed by atoms with Crippen molar-refractivity contribution in [1.82, 2.24) is 5.32 Å². The Bertz CT molecular complexity index is 658. The molecule has 1 unspecified atom stereocenters. The zero-order valence-electron chi connectivity index (χ0n) is 14.6. The molecule has 0 aliphatic heterocycles. The molecule has 0 aliphatic carbocycles. The van der Waals surface area contributed by atoms with Crippen molar-refractivity contribution in [2.45, 2.75) is 26.5 Å². The third-order valence-corrected chi connectivity index (χ3v) is 4.01. The molecule has 1 N–H and O–H groups in total. The number of methoxy groups -OCH3 is 2. The number of hydrogen-bond acceptors (Lipinski definition) is 4. The second-order valence-corrected chi connectivity index (χ2v) is 6.08. The number of aryl methyl sites for hydroxylation is 1. The Hall–Kier alpha value is -1.91. The van der Waals surface area contributed by atoms with Crippen molar-refractivity contribution in [3.63, 3.8) is 0 Å². The maximum absolute atomic E-state index is 6.29. The van der Waals surface area contributed by atoms with Crippen LogP contribution >= 0.6 is 11.6 Å². The summed E-state index contributed by atoms with van der Waals surface area (Å²) in [5.74, 6) is 2.17. The fourth-order valence-corrected chi connectivity index (χ4v) is 2.55. The molecule has 0 saturated carbocycles. The number of halogens is 1. The highest BCUT2D eigenvalue weighted by atomic mass is 35.5. The molecule has 1 atom stereocenters. The highest BCUT2D eigenvalue weighted by Crippen LogP contribution is 2.32. The standard InChI is InChI=1S/C19H24ClNO3/c1-13-5-7-16(8-6-13)24-14(2)11-21-12-15-9-18(22-3)19(23-4)10-17(15)20/h5-10,14,21H,11-12H2,1-4H3. The lowest BCUT2D eigenvalue weighted by Crippen LogP contribution is -2.28. The fourth-order valence-electron chi connectivity index (χ4n) is 2.33. The van der Waals surface area contributed by atoms with Gasteiger partial charge >= 0.3 is 0 Å². The fraction of sp³-hybridized carbons (Fsp3) is 0.368. The second kappa shape index (κ2) is 8.81. The first-order chi connectivity index (χ1) is 11.5. The highest BCUT2D eigenvalue weighted by molar-refractivity contribution is 6.31. The molecule has 0 saturated heterocycles. The van der Waals surface area contributed by atoms with E-state index in [1.807, 2.05) is 37.3 Å². The number of benzene rings is 2. The van der Waals surface area contributed by atoms with Gasteiger partial charge in [0.1, 0.15) is 11.9 Å². The summed E-state index contributed by atoms with van der Waals surface area (Å²) < 4.78 is 16.4. The minimum absolute atomic E-state index is 0.0478. The molecule has 2 aromatic rings. The number of ether oxygens (including phenoxy) is 3. The van der Waals surface area contributed by atoms with Crippen LogP contribution in [-0.2, 0) is 6.54 Å². The molecule has 0 amide bonds. The Kier molecular flexibility index (Phi) is 6.76. The molecule has 4 nitrogen and oxygen atoms in total. The SMILES string of the molecule is COc1cc(Cl)c(CNCC(C)Oc2ccc(C)cc2)cc1OC. The van der Waals surface area contributed by atoms with Crippen LogP contribution in [0.3, 0.4) is 0 Å². The minimum Gasteiger partial charge on any atom is -0.493 e. The van der Waals surface area contributed by atoms with Gasteiger partial charge in [-0.2, -0.15) is 0 Å². The van der Waals surface area contributed by atoms with Gasteiger partial charge in [-0.15, -0.1) is 0 Å². The molecule has 24 heavy (non-hydrogen) atoms. The number of rotatable bonds is 8. The number of hydrogen-bond donors (Lipinski definition) is 1. The lowest BCUT2D eigenvalue weighted by Gasteiger charge is -2.17. The lowest BCUT2D eigenvalue weighted by atomic mass is 10.2. The molecule has 0 fully saturated rings. The molecule has 0 radical (unpaired) electrons. The van der Waals surface area contributed by atoms with E-state index in [1.165, 1.54) is 5.56 Å². The van der Waals surface area contributed by atoms with Gasteiger partial charge in [-0.25, -0.2) is 0 Å². The molecule has 5 heteroatoms. The van der Waals surface area contributed by atoms with E-state index in [0.29, 0.717) is 29.6 Å². The van der Waals surface area contributed by atoms with Gasteiger partial charge < -0.3 is 19.5 Å². The zero-order chi connectivity index (χ0) is 17.5. The molecule has 2 aromatic carbocycles. The Balaban J connectivity index is 1.88. The molecule has 0 aromatic heterocycles. The van der Waals surface area contributed by atoms with Crippen molar-refractivity contribution in [3.05, 3.63) is 52.5 Å². The smallest absolute Gasteiger partial charge is 0.162 e. The average Bonchev–Trinajstić information content (AvgIpc) is 2.58. The van der Waals surface area contributed by atoms with Crippen molar-refractivity contribution in [1.29, 1.82) is 0 Å². The third-order valence-electron chi connectivity index (χ3n) is 3.66. The Morgan fingerprint density at radius 3 is 2.29 bits per heavy atom. The van der Waals surface area contributed by atoms with E-state index < -0.39 is 0 Å². The van der Waals surface area contributed by atoms with Crippen molar-refractivity contribution >= 4 is 11.6 Å². The van der Waals surface area contributed by atoms with Gasteiger partial charge in [0, 0.05) is 24.2 Å². The average molecular weight is 350 g/mol. The molecule has 0 aliphatic rings. The Morgan fingerprint density at radius 1 is 1.04 bits per heavy atom. The first-order valence-electron chi connectivity index (χ1n) is 7.88. The van der Waals surface area contributed by atoms with E-state index in [4.69, 9.17) is 25.8 Å². The summed E-state index contributed by atoms with van der Waals surface area (Å²) in [5.41, 5.74) is 2.17. The van der Waals surface area contributed by atoms with Crippen LogP contribution < -0.4 is 19.5 Å². The van der Waals surface area contributed by atoms with Crippen LogP contribution in [0.25, 0.3) is 0 Å². The molecule has 0 spiro atoms. The van der Waals surface area contributed by atoms with E-state index in [-0.39, 0.29) is 6.10 Å². The van der Waals surface area contributed by atoms with Gasteiger partial charge in [0.25, 0.3) is 0 Å². The van der Waals surface area contributed by atoms with E-state index in [0.717, 1.165) is 11.3 Å². The third kappa shape index (κ3) is 5.05. The summed E-state index contributed by atoms with van der Waals surface area (Å²) in [7, 11) is 3.21. The second-order valence-electron chi connectivity index (χ2n) is 5.67. The van der Waals surface area contributed by atoms with Crippen LogP contribution in [0.4, 0.5) is 0 Å². The molecule has 130 valence electrons. The van der Waals surface area contributed by atoms with Crippen molar-refractivity contribution in [3.8, 4) is 17.2 Å². The monoisotopic (exact) mass is 349 g/mol. The maximum atomic E-state index is 6.29. The Labute approximate surface area is 148 Å². The van der Waals surface area contributed by atoms with Crippen LogP contribution in [0.2, 0.25) is 5.02 Å². The van der Waals surface area contributed by atoms with Crippen LogP contribution in [0.5, 0.6) is 17.2 Å². The van der Waals surface area contributed by atoms with Crippen LogP contribution in [0, 0.1) is 6.92 Å². The van der Waals surface area contributed by atoms with Crippen LogP contribution in [0.1, 0.15) is 18.1 Å². The summed E-state index contributed by atoms with van der Waals surface area (Å²) in [6, 6.07) is 11.7. The van der Waals surface area contributed by atoms with Crippen molar-refractivity contribution in [2.24, 2.45) is 0 Å². The van der Waals surface area contributed by atoms with Gasteiger partial charge in [-0.05, 0) is 37.6 Å². The highest BCUT2D eigenvalue weighted by Gasteiger charge is 2.10. The van der Waals surface area contributed by atoms with Crippen LogP contribution in [0.15, 0.2) is 36.4 Å². The largest absolute Gasteiger partial charge is 0.493 e. The lowest BCUT2D eigenvalue weighted by molar-refractivity contribution is 0.217. The summed E-state index contributed by atoms with van der Waals surface area (Å²) >= 11 is 6.29. The summed E-state index contributed by atoms with van der Waals surface area (Å²) in [6.45, 7) is 5.42. The first kappa shape index (κ1) is 18.4. The van der Waals surface area contributed by atoms with Gasteiger partial charge in [-0.3, -0.25) is 0 Å². The topological polar surface area (TPSA) is 39.7 Å². The quantitative estimate of drug-likeness (QED) is 0.774. The summed E-state index contributed by atoms with van der Waals surface area (Å²) in [4.78, 5) is 0. The molecule has 2 rings (SSSR count). The molecule has 0 heterocycles. The van der Waals surface area contributed by atoms with Crippen molar-refractivity contribution in [2.75, 3.05) is 20.8 Å². The molecular weight excluding hydrogens is 326 g/mol. The molecular formula is C19H24ClNO3. The van der Waals surface area contributed by atoms with E-state index >= 15 is 0 Å². The summed E-state index contributed by atoms with van der Waals surface area (Å²) in [6.07, 6.45) is 0.0478. The number of nitrogens with one attached hydrogen (secondary N) is 1. The van der Waals surface area contributed by atoms with Gasteiger partial charge in [0.15, 0.2) is 11.5 Å². The predicted octanol–water partition coefficient (Wildman–Crippen LogP) is 4.22. The van der Waals surface area contributed by atoms with Crippen LogP contribution in [-0.4, -0.2) is 26.9 Å². The van der Waals surface area contributed by atoms with E-state index in [1.54, 1.807) is 20.3 Å². The van der Waals surface area contributed by atoms with Crippen molar-refractivity contribution < 1.29 is 14.2 Å². The Morgan fingerprint density at radius 2 is 1.67 bits per heavy atom. The summed E-state index contributed by atoms with van der Waals surface area (Å²) in [5, 5.41) is 4.00. The predicted molar refractivity (Wildman–Crippen MR) is 97.5 cm³/mol. The van der Waals surface area contributed by atoms with Gasteiger partial charge in [-0.1, -0.05) is 29.3 Å². The van der Waals surface area contributed by atoms with Gasteiger partial charge in [0.05, 0.1) is 14.2 Å².